The summed E-state index contributed by atoms with van der Waals surface area (Å²) in [7, 11) is 0. The lowest BCUT2D eigenvalue weighted by atomic mass is 9.89. The van der Waals surface area contributed by atoms with Gasteiger partial charge in [-0.15, -0.1) is 0 Å². The highest BCUT2D eigenvalue weighted by molar-refractivity contribution is 4.87. The molecule has 4 fully saturated rings. The molecule has 4 rings (SSSR count). The van der Waals surface area contributed by atoms with Crippen LogP contribution < -0.4 is 5.32 Å². The molecule has 4 aliphatic heterocycles. The Labute approximate surface area is 136 Å². The first-order chi connectivity index (χ1) is 10.9. The van der Waals surface area contributed by atoms with Crippen LogP contribution in [0.4, 0.5) is 0 Å². The quantitative estimate of drug-likeness (QED) is 0.860. The molecule has 0 spiro atoms. The summed E-state index contributed by atoms with van der Waals surface area (Å²) in [5, 5.41) is 9.09. The largest absolute Gasteiger partial charge is 0.314 e. The monoisotopic (exact) mass is 306 g/mol. The maximum Gasteiger partial charge on any atom is 0.0148 e. The molecule has 4 heteroatoms. The van der Waals surface area contributed by atoms with Gasteiger partial charge in [-0.2, -0.15) is 0 Å². The Hall–Kier alpha value is -0.160. The summed E-state index contributed by atoms with van der Waals surface area (Å²) < 4.78 is 0. The molecule has 22 heavy (non-hydrogen) atoms. The molecule has 0 aromatic rings. The summed E-state index contributed by atoms with van der Waals surface area (Å²) in [4.78, 5) is 2.76. The van der Waals surface area contributed by atoms with Crippen LogP contribution >= 0.6 is 0 Å². The van der Waals surface area contributed by atoms with E-state index in [9.17, 15) is 0 Å². The standard InChI is InChI=1S/C18H34N4/c1-2-11-20(10-1)17-7-14-22(15-8-17)21-12-5-16(6-13-21)18-4-3-9-19-18/h16-19H,1-15H2. The second-order valence-electron chi connectivity index (χ2n) is 7.92. The third-order valence-corrected chi connectivity index (χ3v) is 6.68. The SMILES string of the molecule is C1CNC(C2CCN(N3CCC(N4CCCC4)CC3)CC2)C1. The highest BCUT2D eigenvalue weighted by Crippen LogP contribution is 2.28. The maximum absolute atomic E-state index is 3.72. The third kappa shape index (κ3) is 3.35. The fraction of sp³-hybridized carbons (Fsp3) is 1.00. The molecule has 0 amide bonds. The number of hydrazine groups is 1. The zero-order chi connectivity index (χ0) is 14.8. The molecule has 1 N–H and O–H groups in total. The second kappa shape index (κ2) is 7.16. The van der Waals surface area contributed by atoms with Crippen LogP contribution in [-0.2, 0) is 0 Å². The number of hydrogen-bond acceptors (Lipinski definition) is 4. The predicted molar refractivity (Wildman–Crippen MR) is 90.7 cm³/mol. The lowest BCUT2D eigenvalue weighted by Gasteiger charge is -2.45. The van der Waals surface area contributed by atoms with Gasteiger partial charge in [-0.05, 0) is 76.9 Å². The zero-order valence-electron chi connectivity index (χ0n) is 14.2. The summed E-state index contributed by atoms with van der Waals surface area (Å²) in [6, 6.07) is 1.72. The van der Waals surface area contributed by atoms with Crippen molar-refractivity contribution < 1.29 is 0 Å². The van der Waals surface area contributed by atoms with Gasteiger partial charge >= 0.3 is 0 Å². The van der Waals surface area contributed by atoms with E-state index in [1.807, 2.05) is 0 Å². The topological polar surface area (TPSA) is 21.8 Å². The fourth-order valence-corrected chi connectivity index (χ4v) is 5.29. The van der Waals surface area contributed by atoms with E-state index in [1.54, 1.807) is 0 Å². The minimum Gasteiger partial charge on any atom is -0.314 e. The van der Waals surface area contributed by atoms with Gasteiger partial charge in [0.1, 0.15) is 0 Å². The van der Waals surface area contributed by atoms with Crippen molar-refractivity contribution in [2.24, 2.45) is 5.92 Å². The summed E-state index contributed by atoms with van der Waals surface area (Å²) in [5.74, 6) is 0.945. The number of rotatable bonds is 3. The van der Waals surface area contributed by atoms with E-state index in [0.29, 0.717) is 0 Å². The van der Waals surface area contributed by atoms with Crippen LogP contribution in [0.25, 0.3) is 0 Å². The molecule has 4 aliphatic rings. The predicted octanol–water partition coefficient (Wildman–Crippen LogP) is 1.93. The first-order valence-corrected chi connectivity index (χ1v) is 9.87. The Balaban J connectivity index is 1.21. The molecule has 0 aromatic carbocycles. The molecule has 126 valence electrons. The Kier molecular flexibility index (Phi) is 5.01. The number of nitrogens with zero attached hydrogens (tertiary/aromatic N) is 3. The van der Waals surface area contributed by atoms with Crippen molar-refractivity contribution >= 4 is 0 Å². The second-order valence-corrected chi connectivity index (χ2v) is 7.92. The van der Waals surface area contributed by atoms with Gasteiger partial charge in [0.25, 0.3) is 0 Å². The number of piperidine rings is 2. The zero-order valence-corrected chi connectivity index (χ0v) is 14.2. The summed E-state index contributed by atoms with van der Waals surface area (Å²) in [6.45, 7) is 9.19. The molecule has 0 radical (unpaired) electrons. The Morgan fingerprint density at radius 1 is 0.636 bits per heavy atom. The molecule has 0 aromatic heterocycles. The fourth-order valence-electron chi connectivity index (χ4n) is 5.29. The van der Waals surface area contributed by atoms with Crippen molar-refractivity contribution in [1.29, 1.82) is 0 Å². The molecule has 1 unspecified atom stereocenters. The molecule has 4 heterocycles. The number of nitrogens with one attached hydrogen (secondary N) is 1. The van der Waals surface area contributed by atoms with E-state index in [0.717, 1.165) is 18.0 Å². The lowest BCUT2D eigenvalue weighted by Crippen LogP contribution is -2.54. The Morgan fingerprint density at radius 2 is 1.27 bits per heavy atom. The van der Waals surface area contributed by atoms with Crippen molar-refractivity contribution in [2.75, 3.05) is 45.8 Å². The lowest BCUT2D eigenvalue weighted by molar-refractivity contribution is -0.0750. The van der Waals surface area contributed by atoms with Crippen molar-refractivity contribution in [3.8, 4) is 0 Å². The van der Waals surface area contributed by atoms with Crippen molar-refractivity contribution in [2.45, 2.75) is 63.5 Å². The molecule has 0 aliphatic carbocycles. The first-order valence-electron chi connectivity index (χ1n) is 9.87. The summed E-state index contributed by atoms with van der Waals surface area (Å²) in [6.07, 6.45) is 11.3. The minimum atomic E-state index is 0.836. The molecular formula is C18H34N4. The Morgan fingerprint density at radius 3 is 1.86 bits per heavy atom. The van der Waals surface area contributed by atoms with Crippen molar-refractivity contribution in [3.63, 3.8) is 0 Å². The average molecular weight is 306 g/mol. The van der Waals surface area contributed by atoms with E-state index in [2.05, 4.69) is 20.2 Å². The highest BCUT2D eigenvalue weighted by Gasteiger charge is 2.32. The van der Waals surface area contributed by atoms with E-state index < -0.39 is 0 Å². The van der Waals surface area contributed by atoms with Crippen LogP contribution in [0.1, 0.15) is 51.4 Å². The first kappa shape index (κ1) is 15.4. The Bertz CT molecular complexity index is 299. The van der Waals surface area contributed by atoms with Gasteiger partial charge in [0.05, 0.1) is 0 Å². The van der Waals surface area contributed by atoms with Crippen LogP contribution in [0.2, 0.25) is 0 Å². The van der Waals surface area contributed by atoms with Gasteiger partial charge in [0.15, 0.2) is 0 Å². The van der Waals surface area contributed by atoms with E-state index >= 15 is 0 Å². The van der Waals surface area contributed by atoms with Crippen LogP contribution in [0.5, 0.6) is 0 Å². The summed E-state index contributed by atoms with van der Waals surface area (Å²) in [5.41, 5.74) is 0. The van der Waals surface area contributed by atoms with Gasteiger partial charge in [0, 0.05) is 38.3 Å². The van der Waals surface area contributed by atoms with Crippen LogP contribution in [0.3, 0.4) is 0 Å². The molecule has 0 saturated carbocycles. The van der Waals surface area contributed by atoms with Gasteiger partial charge in [-0.25, -0.2) is 10.0 Å². The highest BCUT2D eigenvalue weighted by atomic mass is 15.6. The van der Waals surface area contributed by atoms with Crippen molar-refractivity contribution in [1.82, 2.24) is 20.2 Å². The van der Waals surface area contributed by atoms with Gasteiger partial charge in [0.2, 0.25) is 0 Å². The molecule has 0 bridgehead atoms. The maximum atomic E-state index is 3.72. The molecule has 4 nitrogen and oxygen atoms in total. The van der Waals surface area contributed by atoms with Gasteiger partial charge in [-0.1, -0.05) is 0 Å². The smallest absolute Gasteiger partial charge is 0.0148 e. The van der Waals surface area contributed by atoms with E-state index in [-0.39, 0.29) is 0 Å². The van der Waals surface area contributed by atoms with E-state index in [4.69, 9.17) is 0 Å². The molecular weight excluding hydrogens is 272 g/mol. The van der Waals surface area contributed by atoms with Crippen LogP contribution in [0.15, 0.2) is 0 Å². The molecule has 1 atom stereocenters. The van der Waals surface area contributed by atoms with Gasteiger partial charge in [-0.3, -0.25) is 0 Å². The minimum absolute atomic E-state index is 0.836. The normalized spacial score (nSPS) is 34.6. The van der Waals surface area contributed by atoms with Crippen molar-refractivity contribution in [3.05, 3.63) is 0 Å². The van der Waals surface area contributed by atoms with E-state index in [1.165, 1.54) is 97.2 Å². The summed E-state index contributed by atoms with van der Waals surface area (Å²) >= 11 is 0. The van der Waals surface area contributed by atoms with Crippen LogP contribution in [0, 0.1) is 5.92 Å². The third-order valence-electron chi connectivity index (χ3n) is 6.68. The number of hydrogen-bond donors (Lipinski definition) is 1. The van der Waals surface area contributed by atoms with Crippen LogP contribution in [-0.4, -0.2) is 72.8 Å². The average Bonchev–Trinajstić information content (AvgIpc) is 3.29. The van der Waals surface area contributed by atoms with Gasteiger partial charge < -0.3 is 10.2 Å². The molecule has 4 saturated heterocycles. The number of likely N-dealkylation sites (tertiary alicyclic amines) is 1.